The van der Waals surface area contributed by atoms with Crippen molar-refractivity contribution in [1.82, 2.24) is 15.3 Å². The minimum absolute atomic E-state index is 0.300. The van der Waals surface area contributed by atoms with Gasteiger partial charge in [-0.3, -0.25) is 0 Å². The largest absolute Gasteiger partial charge is 0.349 e. The van der Waals surface area contributed by atoms with Gasteiger partial charge in [0.15, 0.2) is 0 Å². The number of hydrogen-bond donors (Lipinski definition) is 2. The van der Waals surface area contributed by atoms with E-state index in [0.717, 1.165) is 29.7 Å². The van der Waals surface area contributed by atoms with Crippen LogP contribution in [0.1, 0.15) is 30.8 Å². The Morgan fingerprint density at radius 2 is 2.33 bits per heavy atom. The molecule has 0 aliphatic heterocycles. The van der Waals surface area contributed by atoms with Gasteiger partial charge in [0, 0.05) is 29.3 Å². The number of halogens is 1. The number of nitrogens with one attached hydrogen (secondary N) is 2. The van der Waals surface area contributed by atoms with E-state index in [1.54, 1.807) is 6.20 Å². The van der Waals surface area contributed by atoms with Crippen molar-refractivity contribution in [3.8, 4) is 0 Å². The molecule has 0 saturated heterocycles. The monoisotopic (exact) mass is 307 g/mol. The molecule has 2 N–H and O–H groups in total. The summed E-state index contributed by atoms with van der Waals surface area (Å²) in [5.41, 5.74) is 1.29. The molecule has 3 nitrogen and oxygen atoms in total. The van der Waals surface area contributed by atoms with Crippen LogP contribution in [0, 0.1) is 0 Å². The Morgan fingerprint density at radius 1 is 1.44 bits per heavy atom. The van der Waals surface area contributed by atoms with E-state index in [9.17, 15) is 0 Å². The lowest BCUT2D eigenvalue weighted by Crippen LogP contribution is -2.24. The Hall–Kier alpha value is -1.13. The van der Waals surface area contributed by atoms with E-state index in [2.05, 4.69) is 56.3 Å². The van der Waals surface area contributed by atoms with Crippen LogP contribution in [0.25, 0.3) is 0 Å². The molecule has 0 spiro atoms. The molecule has 1 unspecified atom stereocenters. The number of benzene rings is 1. The van der Waals surface area contributed by atoms with Gasteiger partial charge in [0.25, 0.3) is 0 Å². The molecule has 1 atom stereocenters. The van der Waals surface area contributed by atoms with E-state index in [1.165, 1.54) is 5.56 Å². The lowest BCUT2D eigenvalue weighted by Gasteiger charge is -2.18. The van der Waals surface area contributed by atoms with Crippen LogP contribution in [0.15, 0.2) is 41.1 Å². The Bertz CT molecular complexity index is 468. The fourth-order valence-corrected chi connectivity index (χ4v) is 2.37. The van der Waals surface area contributed by atoms with Gasteiger partial charge in [-0.25, -0.2) is 4.98 Å². The van der Waals surface area contributed by atoms with Gasteiger partial charge in [-0.05, 0) is 30.7 Å². The Morgan fingerprint density at radius 3 is 3.00 bits per heavy atom. The lowest BCUT2D eigenvalue weighted by atomic mass is 10.0. The predicted molar refractivity (Wildman–Crippen MR) is 77.5 cm³/mol. The van der Waals surface area contributed by atoms with E-state index in [-0.39, 0.29) is 0 Å². The van der Waals surface area contributed by atoms with Crippen LogP contribution in [0.2, 0.25) is 0 Å². The number of rotatable bonds is 6. The van der Waals surface area contributed by atoms with E-state index in [1.807, 2.05) is 12.3 Å². The Kier molecular flexibility index (Phi) is 4.96. The van der Waals surface area contributed by atoms with Crippen LogP contribution in [-0.2, 0) is 6.42 Å². The molecule has 96 valence electrons. The van der Waals surface area contributed by atoms with Gasteiger partial charge in [-0.1, -0.05) is 35.0 Å². The number of aromatic amines is 1. The SMILES string of the molecule is CCCNC(Cc1ncc[nH]1)c1cccc(Br)c1. The van der Waals surface area contributed by atoms with E-state index >= 15 is 0 Å². The molecule has 1 heterocycles. The molecular weight excluding hydrogens is 290 g/mol. The zero-order valence-corrected chi connectivity index (χ0v) is 12.1. The summed E-state index contributed by atoms with van der Waals surface area (Å²) in [7, 11) is 0. The maximum absolute atomic E-state index is 4.30. The van der Waals surface area contributed by atoms with Gasteiger partial charge in [0.2, 0.25) is 0 Å². The van der Waals surface area contributed by atoms with Gasteiger partial charge >= 0.3 is 0 Å². The summed E-state index contributed by atoms with van der Waals surface area (Å²) >= 11 is 3.53. The summed E-state index contributed by atoms with van der Waals surface area (Å²) in [6, 6.07) is 8.74. The summed E-state index contributed by atoms with van der Waals surface area (Å²) in [6.07, 6.45) is 5.67. The second-order valence-corrected chi connectivity index (χ2v) is 5.22. The molecule has 2 rings (SSSR count). The Balaban J connectivity index is 2.13. The van der Waals surface area contributed by atoms with Gasteiger partial charge in [-0.15, -0.1) is 0 Å². The molecule has 0 aliphatic rings. The van der Waals surface area contributed by atoms with Crippen LogP contribution in [-0.4, -0.2) is 16.5 Å². The zero-order valence-electron chi connectivity index (χ0n) is 10.5. The molecule has 0 amide bonds. The van der Waals surface area contributed by atoms with Crippen molar-refractivity contribution in [3.05, 3.63) is 52.5 Å². The number of aromatic nitrogens is 2. The number of hydrogen-bond acceptors (Lipinski definition) is 2. The molecular formula is C14H18BrN3. The summed E-state index contributed by atoms with van der Waals surface area (Å²) < 4.78 is 1.11. The smallest absolute Gasteiger partial charge is 0.107 e. The molecule has 0 aliphatic carbocycles. The molecule has 0 saturated carbocycles. The summed E-state index contributed by atoms with van der Waals surface area (Å²) in [5, 5.41) is 3.57. The third-order valence-electron chi connectivity index (χ3n) is 2.84. The van der Waals surface area contributed by atoms with Crippen LogP contribution in [0.4, 0.5) is 0 Å². The molecule has 2 aromatic rings. The molecule has 18 heavy (non-hydrogen) atoms. The zero-order chi connectivity index (χ0) is 12.8. The van der Waals surface area contributed by atoms with Crippen molar-refractivity contribution in [2.24, 2.45) is 0 Å². The fraction of sp³-hybridized carbons (Fsp3) is 0.357. The first kappa shape index (κ1) is 13.3. The minimum atomic E-state index is 0.300. The number of nitrogens with zero attached hydrogens (tertiary/aromatic N) is 1. The molecule has 1 aromatic heterocycles. The standard InChI is InChI=1S/C14H18BrN3/c1-2-6-16-13(10-14-17-7-8-18-14)11-4-3-5-12(15)9-11/h3-5,7-9,13,16H,2,6,10H2,1H3,(H,17,18). The second kappa shape index (κ2) is 6.71. The quantitative estimate of drug-likeness (QED) is 0.858. The maximum atomic E-state index is 4.30. The first-order valence-electron chi connectivity index (χ1n) is 6.26. The molecule has 4 heteroatoms. The van der Waals surface area contributed by atoms with Crippen molar-refractivity contribution >= 4 is 15.9 Å². The van der Waals surface area contributed by atoms with Crippen molar-refractivity contribution in [3.63, 3.8) is 0 Å². The predicted octanol–water partition coefficient (Wildman–Crippen LogP) is 3.46. The number of imidazole rings is 1. The molecule has 1 aromatic carbocycles. The average molecular weight is 308 g/mol. The molecule has 0 bridgehead atoms. The second-order valence-electron chi connectivity index (χ2n) is 4.30. The van der Waals surface area contributed by atoms with Crippen molar-refractivity contribution < 1.29 is 0 Å². The van der Waals surface area contributed by atoms with Gasteiger partial charge in [0.1, 0.15) is 5.82 Å². The van der Waals surface area contributed by atoms with Gasteiger partial charge in [-0.2, -0.15) is 0 Å². The van der Waals surface area contributed by atoms with Crippen LogP contribution >= 0.6 is 15.9 Å². The van der Waals surface area contributed by atoms with Gasteiger partial charge in [0.05, 0.1) is 0 Å². The van der Waals surface area contributed by atoms with E-state index in [0.29, 0.717) is 6.04 Å². The highest BCUT2D eigenvalue weighted by molar-refractivity contribution is 9.10. The first-order valence-corrected chi connectivity index (χ1v) is 7.06. The van der Waals surface area contributed by atoms with Crippen LogP contribution < -0.4 is 5.32 Å². The van der Waals surface area contributed by atoms with Crippen molar-refractivity contribution in [2.45, 2.75) is 25.8 Å². The minimum Gasteiger partial charge on any atom is -0.349 e. The summed E-state index contributed by atoms with van der Waals surface area (Å²) in [4.78, 5) is 7.47. The fourth-order valence-electron chi connectivity index (χ4n) is 1.95. The third kappa shape index (κ3) is 3.68. The molecule has 0 radical (unpaired) electrons. The summed E-state index contributed by atoms with van der Waals surface area (Å²) in [6.45, 7) is 3.19. The normalized spacial score (nSPS) is 12.6. The third-order valence-corrected chi connectivity index (χ3v) is 3.34. The van der Waals surface area contributed by atoms with Crippen LogP contribution in [0.3, 0.4) is 0 Å². The Labute approximate surface area is 116 Å². The summed E-state index contributed by atoms with van der Waals surface area (Å²) in [5.74, 6) is 1.02. The van der Waals surface area contributed by atoms with E-state index in [4.69, 9.17) is 0 Å². The molecule has 0 fully saturated rings. The highest BCUT2D eigenvalue weighted by atomic mass is 79.9. The number of H-pyrrole nitrogens is 1. The van der Waals surface area contributed by atoms with Crippen molar-refractivity contribution in [1.29, 1.82) is 0 Å². The highest BCUT2D eigenvalue weighted by Gasteiger charge is 2.12. The lowest BCUT2D eigenvalue weighted by molar-refractivity contribution is 0.520. The van der Waals surface area contributed by atoms with Gasteiger partial charge < -0.3 is 10.3 Å². The van der Waals surface area contributed by atoms with Crippen molar-refractivity contribution in [2.75, 3.05) is 6.54 Å². The highest BCUT2D eigenvalue weighted by Crippen LogP contribution is 2.20. The average Bonchev–Trinajstić information content (AvgIpc) is 2.87. The van der Waals surface area contributed by atoms with E-state index < -0.39 is 0 Å². The first-order chi connectivity index (χ1) is 8.79. The maximum Gasteiger partial charge on any atom is 0.107 e. The topological polar surface area (TPSA) is 40.7 Å². The van der Waals surface area contributed by atoms with Crippen LogP contribution in [0.5, 0.6) is 0 Å².